The summed E-state index contributed by atoms with van der Waals surface area (Å²) in [5, 5.41) is 0. The fourth-order valence-electron chi connectivity index (χ4n) is 0.968. The van der Waals surface area contributed by atoms with Crippen molar-refractivity contribution in [2.75, 3.05) is 6.54 Å². The maximum absolute atomic E-state index is 6.63. The first-order chi connectivity index (χ1) is 3.83. The van der Waals surface area contributed by atoms with Crippen LogP contribution in [0, 0.1) is 12.0 Å². The fraction of sp³-hybridized carbons (Fsp3) is 0.857. The molecule has 0 amide bonds. The van der Waals surface area contributed by atoms with Gasteiger partial charge in [-0.3, -0.25) is 0 Å². The van der Waals surface area contributed by atoms with Crippen LogP contribution in [0.4, 0.5) is 0 Å². The van der Waals surface area contributed by atoms with Crippen molar-refractivity contribution in [2.45, 2.75) is 26.2 Å². The molecule has 0 unspecified atom stereocenters. The summed E-state index contributed by atoms with van der Waals surface area (Å²) in [6.07, 6.45) is 3.80. The van der Waals surface area contributed by atoms with Crippen LogP contribution < -0.4 is 0 Å². The van der Waals surface area contributed by atoms with Crippen LogP contribution in [0.3, 0.4) is 0 Å². The molecule has 1 heteroatoms. The summed E-state index contributed by atoms with van der Waals surface area (Å²) in [5.74, 6) is 0. The Morgan fingerprint density at radius 2 is 2.25 bits per heavy atom. The molecule has 1 nitrogen and oxygen atoms in total. The topological polar surface area (TPSA) is 4.36 Å². The number of hydrogen-bond acceptors (Lipinski definition) is 0. The molecule has 0 aromatic heterocycles. The molecular weight excluding hydrogens is 98.1 g/mol. The van der Waals surface area contributed by atoms with Crippen molar-refractivity contribution >= 4 is 0 Å². The highest BCUT2D eigenvalue weighted by atomic mass is 14.7. The van der Waals surface area contributed by atoms with Gasteiger partial charge < -0.3 is 4.85 Å². The zero-order valence-electron chi connectivity index (χ0n) is 5.28. The predicted octanol–water partition coefficient (Wildman–Crippen LogP) is 2.10. The molecule has 1 aliphatic rings. The van der Waals surface area contributed by atoms with E-state index in [0.717, 1.165) is 6.54 Å². The van der Waals surface area contributed by atoms with Gasteiger partial charge in [-0.25, -0.2) is 6.57 Å². The van der Waals surface area contributed by atoms with Crippen LogP contribution >= 0.6 is 0 Å². The summed E-state index contributed by atoms with van der Waals surface area (Å²) < 4.78 is 0. The number of hydrogen-bond donors (Lipinski definition) is 0. The van der Waals surface area contributed by atoms with Gasteiger partial charge in [-0.05, 0) is 19.3 Å². The Hall–Kier alpha value is -0.510. The lowest BCUT2D eigenvalue weighted by molar-refractivity contribution is 0.535. The molecule has 1 aliphatic carbocycles. The van der Waals surface area contributed by atoms with E-state index in [2.05, 4.69) is 11.8 Å². The first kappa shape index (κ1) is 5.62. The van der Waals surface area contributed by atoms with Crippen molar-refractivity contribution in [2.24, 2.45) is 5.41 Å². The Balaban J connectivity index is 2.33. The molecule has 0 aromatic rings. The quantitative estimate of drug-likeness (QED) is 0.478. The Bertz CT molecular complexity index is 117. The maximum Gasteiger partial charge on any atom is 0.220 e. The van der Waals surface area contributed by atoms with E-state index in [0.29, 0.717) is 5.41 Å². The van der Waals surface area contributed by atoms with Crippen LogP contribution in [-0.4, -0.2) is 6.54 Å². The van der Waals surface area contributed by atoms with Crippen LogP contribution in [-0.2, 0) is 0 Å². The second kappa shape index (κ2) is 1.78. The van der Waals surface area contributed by atoms with Gasteiger partial charge in [-0.1, -0.05) is 6.92 Å². The van der Waals surface area contributed by atoms with Crippen molar-refractivity contribution in [3.05, 3.63) is 11.4 Å². The number of rotatable bonds is 2. The molecule has 0 radical (unpaired) electrons. The highest BCUT2D eigenvalue weighted by molar-refractivity contribution is 4.96. The highest BCUT2D eigenvalue weighted by Crippen LogP contribution is 2.48. The first-order valence-corrected chi connectivity index (χ1v) is 3.16. The minimum Gasteiger partial charge on any atom is -0.316 e. The maximum atomic E-state index is 6.63. The van der Waals surface area contributed by atoms with E-state index >= 15 is 0 Å². The van der Waals surface area contributed by atoms with Gasteiger partial charge in [0.1, 0.15) is 0 Å². The summed E-state index contributed by atoms with van der Waals surface area (Å²) in [6.45, 7) is 9.57. The summed E-state index contributed by atoms with van der Waals surface area (Å²) >= 11 is 0. The van der Waals surface area contributed by atoms with E-state index < -0.39 is 0 Å². The van der Waals surface area contributed by atoms with Gasteiger partial charge in [0.05, 0.1) is 0 Å². The lowest BCUT2D eigenvalue weighted by Crippen LogP contribution is -1.99. The number of nitrogens with zero attached hydrogens (tertiary/aromatic N) is 1. The second-order valence-corrected chi connectivity index (χ2v) is 2.67. The first-order valence-electron chi connectivity index (χ1n) is 3.16. The predicted molar refractivity (Wildman–Crippen MR) is 33.4 cm³/mol. The minimum atomic E-state index is 0.488. The third kappa shape index (κ3) is 0.838. The third-order valence-corrected chi connectivity index (χ3v) is 2.12. The van der Waals surface area contributed by atoms with E-state index in [9.17, 15) is 0 Å². The summed E-state index contributed by atoms with van der Waals surface area (Å²) in [7, 11) is 0. The van der Waals surface area contributed by atoms with Crippen molar-refractivity contribution in [1.29, 1.82) is 0 Å². The Morgan fingerprint density at radius 3 is 2.38 bits per heavy atom. The van der Waals surface area contributed by atoms with Crippen LogP contribution in [0.15, 0.2) is 0 Å². The van der Waals surface area contributed by atoms with Crippen molar-refractivity contribution in [3.63, 3.8) is 0 Å². The molecule has 8 heavy (non-hydrogen) atoms. The molecule has 44 valence electrons. The summed E-state index contributed by atoms with van der Waals surface area (Å²) in [5.41, 5.74) is 0.488. The highest BCUT2D eigenvalue weighted by Gasteiger charge is 2.43. The summed E-state index contributed by atoms with van der Waals surface area (Å²) in [4.78, 5) is 3.39. The summed E-state index contributed by atoms with van der Waals surface area (Å²) in [6, 6.07) is 0. The monoisotopic (exact) mass is 109 g/mol. The largest absolute Gasteiger partial charge is 0.316 e. The fourth-order valence-corrected chi connectivity index (χ4v) is 0.968. The lowest BCUT2D eigenvalue weighted by atomic mass is 10.1. The third-order valence-electron chi connectivity index (χ3n) is 2.12. The standard InChI is InChI=1S/C7H11N/c1-3-7(4-5-7)6-8-2/h3-6H2,1H3. The average Bonchev–Trinajstić information content (AvgIpc) is 2.50. The van der Waals surface area contributed by atoms with Crippen LogP contribution in [0.2, 0.25) is 0 Å². The van der Waals surface area contributed by atoms with E-state index in [1.807, 2.05) is 0 Å². The second-order valence-electron chi connectivity index (χ2n) is 2.67. The average molecular weight is 109 g/mol. The van der Waals surface area contributed by atoms with Crippen LogP contribution in [0.5, 0.6) is 0 Å². The smallest absolute Gasteiger partial charge is 0.220 e. The zero-order chi connectivity index (χ0) is 6.04. The van der Waals surface area contributed by atoms with E-state index in [-0.39, 0.29) is 0 Å². The van der Waals surface area contributed by atoms with Gasteiger partial charge in [0.2, 0.25) is 6.54 Å². The SMILES string of the molecule is [C-]#[N+]CC1(CC)CC1. The van der Waals surface area contributed by atoms with Gasteiger partial charge in [0.25, 0.3) is 0 Å². The minimum absolute atomic E-state index is 0.488. The molecule has 0 N–H and O–H groups in total. The van der Waals surface area contributed by atoms with Gasteiger partial charge in [0, 0.05) is 5.41 Å². The molecule has 0 aliphatic heterocycles. The molecule has 0 spiro atoms. The molecule has 0 aromatic carbocycles. The molecule has 0 heterocycles. The van der Waals surface area contributed by atoms with Crippen LogP contribution in [0.1, 0.15) is 26.2 Å². The Kier molecular flexibility index (Phi) is 1.25. The van der Waals surface area contributed by atoms with E-state index in [4.69, 9.17) is 6.57 Å². The molecular formula is C7H11N. The molecule has 1 fully saturated rings. The van der Waals surface area contributed by atoms with Crippen molar-refractivity contribution < 1.29 is 0 Å². The molecule has 1 rings (SSSR count). The van der Waals surface area contributed by atoms with E-state index in [1.54, 1.807) is 0 Å². The Labute approximate surface area is 50.5 Å². The van der Waals surface area contributed by atoms with Crippen LogP contribution in [0.25, 0.3) is 4.85 Å². The molecule has 0 saturated heterocycles. The van der Waals surface area contributed by atoms with Crippen molar-refractivity contribution in [1.82, 2.24) is 0 Å². The van der Waals surface area contributed by atoms with Gasteiger partial charge in [-0.15, -0.1) is 0 Å². The molecule has 0 bridgehead atoms. The van der Waals surface area contributed by atoms with Gasteiger partial charge in [-0.2, -0.15) is 0 Å². The molecule has 0 atom stereocenters. The van der Waals surface area contributed by atoms with E-state index in [1.165, 1.54) is 19.3 Å². The van der Waals surface area contributed by atoms with Gasteiger partial charge in [0.15, 0.2) is 0 Å². The van der Waals surface area contributed by atoms with Gasteiger partial charge >= 0.3 is 0 Å². The zero-order valence-corrected chi connectivity index (χ0v) is 5.28. The molecule has 1 saturated carbocycles. The van der Waals surface area contributed by atoms with Crippen molar-refractivity contribution in [3.8, 4) is 0 Å². The Morgan fingerprint density at radius 1 is 1.62 bits per heavy atom. The lowest BCUT2D eigenvalue weighted by Gasteiger charge is -1.99. The normalized spacial score (nSPS) is 22.0.